The van der Waals surface area contributed by atoms with Crippen LogP contribution in [0.5, 0.6) is 0 Å². The van der Waals surface area contributed by atoms with Gasteiger partial charge >= 0.3 is 5.91 Å². The molecule has 1 N–H and O–H groups in total. The van der Waals surface area contributed by atoms with Crippen molar-refractivity contribution < 1.29 is 9.90 Å². The van der Waals surface area contributed by atoms with Gasteiger partial charge in [-0.1, -0.05) is 42.5 Å². The van der Waals surface area contributed by atoms with E-state index in [2.05, 4.69) is 4.98 Å². The Balaban J connectivity index is 2.23. The smallest absolute Gasteiger partial charge is 0.349 e. The molecule has 0 atom stereocenters. The van der Waals surface area contributed by atoms with Crippen molar-refractivity contribution in [3.8, 4) is 0 Å². The van der Waals surface area contributed by atoms with E-state index in [0.29, 0.717) is 6.54 Å². The zero-order chi connectivity index (χ0) is 16.8. The number of rotatable bonds is 5. The van der Waals surface area contributed by atoms with Crippen molar-refractivity contribution >= 4 is 17.3 Å². The van der Waals surface area contributed by atoms with Crippen molar-refractivity contribution in [2.45, 2.75) is 6.54 Å². The summed E-state index contributed by atoms with van der Waals surface area (Å²) < 4.78 is -0.0795. The van der Waals surface area contributed by atoms with E-state index >= 15 is 0 Å². The molecule has 0 unspecified atom stereocenters. The molecule has 4 nitrogen and oxygen atoms in total. The second-order valence-corrected chi connectivity index (χ2v) is 5.55. The molecule has 3 rings (SSSR count). The molecule has 0 aliphatic carbocycles. The number of aliphatic hydroxyl groups excluding tert-OH is 1. The summed E-state index contributed by atoms with van der Waals surface area (Å²) in [6.07, 6.45) is 3.46. The van der Waals surface area contributed by atoms with Crippen molar-refractivity contribution in [1.29, 1.82) is 0 Å². The maximum atomic E-state index is 12.9. The van der Waals surface area contributed by atoms with Crippen LogP contribution < -0.4 is 4.48 Å². The normalized spacial score (nSPS) is 11.2. The molecule has 4 heteroatoms. The number of quaternary nitrogens is 1. The Morgan fingerprint density at radius 3 is 1.92 bits per heavy atom. The van der Waals surface area contributed by atoms with Crippen LogP contribution in [0.4, 0.5) is 11.4 Å². The molecule has 0 saturated carbocycles. The Morgan fingerprint density at radius 2 is 1.46 bits per heavy atom. The second-order valence-electron chi connectivity index (χ2n) is 5.55. The van der Waals surface area contributed by atoms with Crippen molar-refractivity contribution in [3.05, 3.63) is 90.8 Å². The summed E-state index contributed by atoms with van der Waals surface area (Å²) >= 11 is 0. The second kappa shape index (κ2) is 7.17. The molecule has 120 valence electrons. The van der Waals surface area contributed by atoms with E-state index in [1.807, 2.05) is 72.8 Å². The first kappa shape index (κ1) is 16.1. The molecule has 0 aliphatic rings. The molecule has 3 aromatic rings. The van der Waals surface area contributed by atoms with Gasteiger partial charge in [0, 0.05) is 42.2 Å². The Hall–Kier alpha value is -2.82. The molecule has 0 saturated heterocycles. The largest absolute Gasteiger partial charge is 0.382 e. The molecule has 1 aromatic heterocycles. The van der Waals surface area contributed by atoms with Crippen LogP contribution in [0.25, 0.3) is 0 Å². The van der Waals surface area contributed by atoms with Gasteiger partial charge in [-0.2, -0.15) is 4.48 Å². The number of hydrogen-bond donors (Lipinski definition) is 1. The lowest BCUT2D eigenvalue weighted by Gasteiger charge is -2.34. The Morgan fingerprint density at radius 1 is 0.875 bits per heavy atom. The summed E-state index contributed by atoms with van der Waals surface area (Å²) in [4.78, 5) is 17.1. The maximum Gasteiger partial charge on any atom is 0.349 e. The Labute approximate surface area is 141 Å². The number of para-hydroxylation sites is 2. The van der Waals surface area contributed by atoms with Gasteiger partial charge in [0.25, 0.3) is 0 Å². The zero-order valence-corrected chi connectivity index (χ0v) is 13.2. The average Bonchev–Trinajstić information content (AvgIpc) is 2.67. The highest BCUT2D eigenvalue weighted by atomic mass is 16.3. The third-order valence-corrected chi connectivity index (χ3v) is 4.10. The van der Waals surface area contributed by atoms with E-state index in [1.165, 1.54) is 0 Å². The van der Waals surface area contributed by atoms with Crippen LogP contribution in [0.1, 0.15) is 5.56 Å². The molecule has 1 amide bonds. The monoisotopic (exact) mass is 319 g/mol. The Bertz CT molecular complexity index is 750. The molecular weight excluding hydrogens is 300 g/mol. The number of amides is 1. The van der Waals surface area contributed by atoms with Crippen molar-refractivity contribution in [2.75, 3.05) is 6.61 Å². The van der Waals surface area contributed by atoms with Crippen LogP contribution in [0, 0.1) is 0 Å². The summed E-state index contributed by atoms with van der Waals surface area (Å²) in [6.45, 7) is -0.148. The predicted octanol–water partition coefficient (Wildman–Crippen LogP) is 3.44. The predicted molar refractivity (Wildman–Crippen MR) is 94.4 cm³/mol. The lowest BCUT2D eigenvalue weighted by molar-refractivity contribution is -0.131. The minimum atomic E-state index is -0.538. The molecule has 0 spiro atoms. The van der Waals surface area contributed by atoms with Gasteiger partial charge in [-0.3, -0.25) is 4.98 Å². The lowest BCUT2D eigenvalue weighted by Crippen LogP contribution is -2.50. The van der Waals surface area contributed by atoms with Gasteiger partial charge in [0.2, 0.25) is 0 Å². The first-order chi connectivity index (χ1) is 11.8. The van der Waals surface area contributed by atoms with Crippen LogP contribution >= 0.6 is 0 Å². The van der Waals surface area contributed by atoms with E-state index in [1.54, 1.807) is 12.4 Å². The summed E-state index contributed by atoms with van der Waals surface area (Å²) in [5, 5.41) is 9.69. The number of aromatic nitrogens is 1. The van der Waals surface area contributed by atoms with Crippen LogP contribution in [-0.2, 0) is 11.3 Å². The zero-order valence-electron chi connectivity index (χ0n) is 13.2. The maximum absolute atomic E-state index is 12.9. The number of hydrogen-bond acceptors (Lipinski definition) is 3. The molecule has 0 radical (unpaired) electrons. The first-order valence-electron chi connectivity index (χ1n) is 7.80. The van der Waals surface area contributed by atoms with E-state index < -0.39 is 6.61 Å². The fraction of sp³-hybridized carbons (Fsp3) is 0.100. The summed E-state index contributed by atoms with van der Waals surface area (Å²) in [5.41, 5.74) is 2.55. The fourth-order valence-corrected chi connectivity index (χ4v) is 2.96. The number of carbonyl (C=O) groups is 1. The lowest BCUT2D eigenvalue weighted by atomic mass is 10.1. The molecule has 0 fully saturated rings. The summed E-state index contributed by atoms with van der Waals surface area (Å²) in [5.74, 6) is -0.281. The van der Waals surface area contributed by atoms with Crippen molar-refractivity contribution in [1.82, 2.24) is 9.47 Å². The molecule has 0 bridgehead atoms. The summed E-state index contributed by atoms with van der Waals surface area (Å²) in [6, 6.07) is 22.9. The van der Waals surface area contributed by atoms with Gasteiger partial charge in [0.05, 0.1) is 0 Å². The number of nitrogens with zero attached hydrogens (tertiary/aromatic N) is 2. The summed E-state index contributed by atoms with van der Waals surface area (Å²) in [7, 11) is 0. The van der Waals surface area contributed by atoms with Gasteiger partial charge in [0.15, 0.2) is 6.61 Å². The molecule has 0 aliphatic heterocycles. The molecule has 2 aromatic carbocycles. The van der Waals surface area contributed by atoms with Crippen molar-refractivity contribution in [3.63, 3.8) is 0 Å². The minimum Gasteiger partial charge on any atom is -0.382 e. The van der Waals surface area contributed by atoms with Crippen LogP contribution in [0.3, 0.4) is 0 Å². The number of carbonyl (C=O) groups excluding carboxylic acids is 1. The number of pyridine rings is 1. The van der Waals surface area contributed by atoms with Crippen LogP contribution in [-0.4, -0.2) is 22.6 Å². The third kappa shape index (κ3) is 2.97. The highest BCUT2D eigenvalue weighted by Gasteiger charge is 2.41. The van der Waals surface area contributed by atoms with Gasteiger partial charge in [-0.15, -0.1) is 0 Å². The highest BCUT2D eigenvalue weighted by molar-refractivity contribution is 5.95. The standard InChI is InChI=1S/C20H19N2O2/c23-16-20(24)22(18-9-3-1-4-10-18,19-11-5-2-6-12-19)15-17-8-7-13-21-14-17/h1-14,23H,15-16H2/q+1. The topological polar surface area (TPSA) is 50.2 Å². The number of aliphatic hydroxyl groups is 1. The SMILES string of the molecule is O=C(CO)[N+](Cc1cccnc1)(c1ccccc1)c1ccccc1. The molecular formula is C20H19N2O2+. The van der Waals surface area contributed by atoms with Crippen LogP contribution in [0.15, 0.2) is 85.2 Å². The minimum absolute atomic E-state index is 0.0795. The van der Waals surface area contributed by atoms with Gasteiger partial charge in [-0.25, -0.2) is 4.79 Å². The quantitative estimate of drug-likeness (QED) is 0.733. The average molecular weight is 319 g/mol. The van der Waals surface area contributed by atoms with Gasteiger partial charge < -0.3 is 5.11 Å². The number of benzene rings is 2. The third-order valence-electron chi connectivity index (χ3n) is 4.10. The van der Waals surface area contributed by atoms with E-state index in [9.17, 15) is 9.90 Å². The van der Waals surface area contributed by atoms with Crippen LogP contribution in [0.2, 0.25) is 0 Å². The van der Waals surface area contributed by atoms with E-state index in [4.69, 9.17) is 0 Å². The molecule has 24 heavy (non-hydrogen) atoms. The molecule has 1 heterocycles. The highest BCUT2D eigenvalue weighted by Crippen LogP contribution is 2.37. The van der Waals surface area contributed by atoms with E-state index in [0.717, 1.165) is 16.9 Å². The fourth-order valence-electron chi connectivity index (χ4n) is 2.96. The van der Waals surface area contributed by atoms with E-state index in [-0.39, 0.29) is 10.4 Å². The van der Waals surface area contributed by atoms with Crippen molar-refractivity contribution in [2.24, 2.45) is 0 Å². The van der Waals surface area contributed by atoms with Gasteiger partial charge in [0.1, 0.15) is 17.9 Å². The first-order valence-corrected chi connectivity index (χ1v) is 7.80. The van der Waals surface area contributed by atoms with Gasteiger partial charge in [-0.05, 0) is 6.07 Å². The Kier molecular flexibility index (Phi) is 4.79.